The first kappa shape index (κ1) is 16.8. The van der Waals surface area contributed by atoms with Gasteiger partial charge in [0.05, 0.1) is 19.3 Å². The lowest BCUT2D eigenvalue weighted by atomic mass is 9.79. The number of unbranched alkanes of at least 4 members (excludes halogenated alkanes) is 1. The molecule has 0 unspecified atom stereocenters. The van der Waals surface area contributed by atoms with Crippen LogP contribution in [-0.2, 0) is 9.47 Å². The van der Waals surface area contributed by atoms with Gasteiger partial charge in [-0.05, 0) is 38.0 Å². The number of hydrogen-bond donors (Lipinski definition) is 0. The van der Waals surface area contributed by atoms with E-state index in [2.05, 4.69) is 19.9 Å². The lowest BCUT2D eigenvalue weighted by Crippen LogP contribution is -2.44. The van der Waals surface area contributed by atoms with E-state index in [9.17, 15) is 5.26 Å². The molecular formula is C18H31NO2. The molecule has 1 heterocycles. The quantitative estimate of drug-likeness (QED) is 0.715. The molecule has 3 nitrogen and oxygen atoms in total. The molecule has 0 radical (unpaired) electrons. The third-order valence-electron chi connectivity index (χ3n) is 5.26. The maximum absolute atomic E-state index is 9.38. The largest absolute Gasteiger partial charge is 0.351 e. The van der Waals surface area contributed by atoms with E-state index in [1.165, 1.54) is 44.9 Å². The highest BCUT2D eigenvalue weighted by Crippen LogP contribution is 2.38. The summed E-state index contributed by atoms with van der Waals surface area (Å²) in [6.45, 7) is 5.49. The predicted octanol–water partition coefficient (Wildman–Crippen LogP) is 4.67. The Labute approximate surface area is 130 Å². The fourth-order valence-corrected chi connectivity index (χ4v) is 3.83. The molecule has 0 N–H and O–H groups in total. The summed E-state index contributed by atoms with van der Waals surface area (Å²) in [5, 5.41) is 9.38. The highest BCUT2D eigenvalue weighted by Gasteiger charge is 2.39. The molecule has 3 heteroatoms. The first-order valence-corrected chi connectivity index (χ1v) is 8.87. The van der Waals surface area contributed by atoms with Gasteiger partial charge in [0.15, 0.2) is 6.29 Å². The van der Waals surface area contributed by atoms with Gasteiger partial charge in [0.25, 0.3) is 0 Å². The summed E-state index contributed by atoms with van der Waals surface area (Å²) < 4.78 is 11.9. The Hall–Kier alpha value is -0.590. The lowest BCUT2D eigenvalue weighted by molar-refractivity contribution is -0.244. The zero-order valence-corrected chi connectivity index (χ0v) is 13.8. The Bertz CT molecular complexity index is 334. The van der Waals surface area contributed by atoms with Crippen molar-refractivity contribution in [3.8, 4) is 6.07 Å². The van der Waals surface area contributed by atoms with E-state index in [1.54, 1.807) is 0 Å². The van der Waals surface area contributed by atoms with Crippen molar-refractivity contribution < 1.29 is 9.47 Å². The van der Waals surface area contributed by atoms with Gasteiger partial charge < -0.3 is 9.47 Å². The van der Waals surface area contributed by atoms with Gasteiger partial charge in [-0.1, -0.05) is 39.5 Å². The van der Waals surface area contributed by atoms with Gasteiger partial charge in [0.2, 0.25) is 0 Å². The topological polar surface area (TPSA) is 42.2 Å². The second kappa shape index (κ2) is 8.15. The van der Waals surface area contributed by atoms with Crippen LogP contribution in [0.5, 0.6) is 0 Å². The second-order valence-corrected chi connectivity index (χ2v) is 7.06. The van der Waals surface area contributed by atoms with Gasteiger partial charge in [0, 0.05) is 5.92 Å². The van der Waals surface area contributed by atoms with Gasteiger partial charge in [-0.25, -0.2) is 0 Å². The van der Waals surface area contributed by atoms with Crippen LogP contribution in [0.3, 0.4) is 0 Å². The van der Waals surface area contributed by atoms with E-state index >= 15 is 0 Å². The summed E-state index contributed by atoms with van der Waals surface area (Å²) in [5.41, 5.74) is -0.399. The SMILES string of the molecule is CCCCC1CCC(C2OCC(C#N)(CCC)CO2)CC1. The Morgan fingerprint density at radius 2 is 1.71 bits per heavy atom. The summed E-state index contributed by atoms with van der Waals surface area (Å²) in [6.07, 6.45) is 11.0. The molecule has 1 saturated carbocycles. The van der Waals surface area contributed by atoms with Gasteiger partial charge in [-0.15, -0.1) is 0 Å². The number of ether oxygens (including phenoxy) is 2. The summed E-state index contributed by atoms with van der Waals surface area (Å²) >= 11 is 0. The molecule has 2 rings (SSSR count). The molecule has 0 aromatic rings. The van der Waals surface area contributed by atoms with Crippen LogP contribution in [0, 0.1) is 28.6 Å². The number of rotatable bonds is 6. The molecule has 0 amide bonds. The molecule has 0 aromatic carbocycles. The molecular weight excluding hydrogens is 262 g/mol. The van der Waals surface area contributed by atoms with Crippen LogP contribution >= 0.6 is 0 Å². The van der Waals surface area contributed by atoms with Crippen molar-refractivity contribution in [3.05, 3.63) is 0 Å². The van der Waals surface area contributed by atoms with Crippen molar-refractivity contribution in [1.82, 2.24) is 0 Å². The molecule has 2 aliphatic rings. The van der Waals surface area contributed by atoms with E-state index in [1.807, 2.05) is 0 Å². The van der Waals surface area contributed by atoms with Crippen molar-refractivity contribution in [2.45, 2.75) is 77.9 Å². The minimum Gasteiger partial charge on any atom is -0.351 e. The van der Waals surface area contributed by atoms with E-state index < -0.39 is 5.41 Å². The third-order valence-corrected chi connectivity index (χ3v) is 5.26. The first-order chi connectivity index (χ1) is 10.2. The molecule has 1 aliphatic heterocycles. The zero-order chi connectivity index (χ0) is 15.1. The summed E-state index contributed by atoms with van der Waals surface area (Å²) in [7, 11) is 0. The first-order valence-electron chi connectivity index (χ1n) is 8.87. The molecule has 120 valence electrons. The monoisotopic (exact) mass is 293 g/mol. The standard InChI is InChI=1S/C18H31NO2/c1-3-5-6-15-7-9-16(10-8-15)17-20-13-18(12-19,11-4-2)14-21-17/h15-17H,3-11,13-14H2,1-2H3. The van der Waals surface area contributed by atoms with Crippen molar-refractivity contribution in [2.24, 2.45) is 17.3 Å². The van der Waals surface area contributed by atoms with Crippen LogP contribution in [0.4, 0.5) is 0 Å². The van der Waals surface area contributed by atoms with Crippen LogP contribution in [0.1, 0.15) is 71.6 Å². The number of nitrogens with zero attached hydrogens (tertiary/aromatic N) is 1. The van der Waals surface area contributed by atoms with Crippen LogP contribution in [0.25, 0.3) is 0 Å². The van der Waals surface area contributed by atoms with E-state index in [0.29, 0.717) is 19.1 Å². The molecule has 21 heavy (non-hydrogen) atoms. The number of nitriles is 1. The predicted molar refractivity (Wildman–Crippen MR) is 83.6 cm³/mol. The summed E-state index contributed by atoms with van der Waals surface area (Å²) in [5.74, 6) is 1.46. The zero-order valence-electron chi connectivity index (χ0n) is 13.8. The van der Waals surface area contributed by atoms with E-state index in [0.717, 1.165) is 18.8 Å². The van der Waals surface area contributed by atoms with Gasteiger partial charge >= 0.3 is 0 Å². The normalized spacial score (nSPS) is 37.1. The molecule has 1 saturated heterocycles. The fourth-order valence-electron chi connectivity index (χ4n) is 3.83. The second-order valence-electron chi connectivity index (χ2n) is 7.06. The summed E-state index contributed by atoms with van der Waals surface area (Å²) in [4.78, 5) is 0. The minimum atomic E-state index is -0.399. The van der Waals surface area contributed by atoms with Crippen LogP contribution in [0.15, 0.2) is 0 Å². The minimum absolute atomic E-state index is 0.0598. The van der Waals surface area contributed by atoms with Crippen molar-refractivity contribution in [3.63, 3.8) is 0 Å². The Balaban J connectivity index is 1.75. The van der Waals surface area contributed by atoms with Crippen LogP contribution < -0.4 is 0 Å². The van der Waals surface area contributed by atoms with Crippen molar-refractivity contribution in [1.29, 1.82) is 5.26 Å². The highest BCUT2D eigenvalue weighted by atomic mass is 16.7. The fraction of sp³-hybridized carbons (Fsp3) is 0.944. The molecule has 0 aromatic heterocycles. The van der Waals surface area contributed by atoms with Crippen LogP contribution in [0.2, 0.25) is 0 Å². The van der Waals surface area contributed by atoms with Crippen molar-refractivity contribution in [2.75, 3.05) is 13.2 Å². The maximum Gasteiger partial charge on any atom is 0.160 e. The maximum atomic E-state index is 9.38. The third kappa shape index (κ3) is 4.44. The average Bonchev–Trinajstić information content (AvgIpc) is 2.54. The van der Waals surface area contributed by atoms with Gasteiger partial charge in [0.1, 0.15) is 5.41 Å². The molecule has 0 spiro atoms. The summed E-state index contributed by atoms with van der Waals surface area (Å²) in [6, 6.07) is 2.42. The lowest BCUT2D eigenvalue weighted by Gasteiger charge is -2.40. The Morgan fingerprint density at radius 1 is 1.05 bits per heavy atom. The average molecular weight is 293 g/mol. The van der Waals surface area contributed by atoms with Crippen molar-refractivity contribution >= 4 is 0 Å². The Morgan fingerprint density at radius 3 is 2.24 bits per heavy atom. The molecule has 2 fully saturated rings. The highest BCUT2D eigenvalue weighted by molar-refractivity contribution is 5.00. The number of hydrogen-bond acceptors (Lipinski definition) is 3. The van der Waals surface area contributed by atoms with Gasteiger partial charge in [-0.3, -0.25) is 0 Å². The van der Waals surface area contributed by atoms with Crippen LogP contribution in [-0.4, -0.2) is 19.5 Å². The molecule has 0 atom stereocenters. The molecule has 0 bridgehead atoms. The Kier molecular flexibility index (Phi) is 6.51. The smallest absolute Gasteiger partial charge is 0.160 e. The molecule has 1 aliphatic carbocycles. The van der Waals surface area contributed by atoms with Gasteiger partial charge in [-0.2, -0.15) is 5.26 Å². The van der Waals surface area contributed by atoms with E-state index in [-0.39, 0.29) is 6.29 Å². The van der Waals surface area contributed by atoms with E-state index in [4.69, 9.17) is 9.47 Å².